The van der Waals surface area contributed by atoms with Crippen LogP contribution in [-0.2, 0) is 6.54 Å². The van der Waals surface area contributed by atoms with Crippen LogP contribution in [0.4, 0.5) is 0 Å². The molecular formula is C22H17ClN2O3S. The fraction of sp³-hybridized carbons (Fsp3) is 0.0909. The van der Waals surface area contributed by atoms with Crippen LogP contribution in [0.25, 0.3) is 21.5 Å². The summed E-state index contributed by atoms with van der Waals surface area (Å²) < 4.78 is 3.01. The van der Waals surface area contributed by atoms with E-state index >= 15 is 0 Å². The molecule has 0 unspecified atom stereocenters. The highest BCUT2D eigenvalue weighted by molar-refractivity contribution is 7.20. The molecule has 0 aliphatic heterocycles. The van der Waals surface area contributed by atoms with Crippen LogP contribution in [-0.4, -0.2) is 21.4 Å². The van der Waals surface area contributed by atoms with Crippen molar-refractivity contribution in [2.75, 3.05) is 0 Å². The fourth-order valence-corrected chi connectivity index (χ4v) is 4.59. The third-order valence-electron chi connectivity index (χ3n) is 4.72. The lowest BCUT2D eigenvalue weighted by Crippen LogP contribution is -2.11. The van der Waals surface area contributed by atoms with Gasteiger partial charge in [0, 0.05) is 17.7 Å². The van der Waals surface area contributed by atoms with Crippen molar-refractivity contribution in [1.82, 2.24) is 4.57 Å². The standard InChI is InChI=1S/C22H17ClN2O3S/c1-12(26)20-10-19-21(29-20)9-18(16-6-5-15(27)8-17(16)23)25(19)11-13-3-2-4-14(7-13)22(24)28/h2-10,27H,11H2,1H3,(H2,24,28). The van der Waals surface area contributed by atoms with E-state index in [1.165, 1.54) is 17.4 Å². The normalized spacial score (nSPS) is 11.1. The summed E-state index contributed by atoms with van der Waals surface area (Å²) >= 11 is 7.82. The topological polar surface area (TPSA) is 85.3 Å². The smallest absolute Gasteiger partial charge is 0.248 e. The van der Waals surface area contributed by atoms with Crippen LogP contribution < -0.4 is 5.73 Å². The maximum atomic E-state index is 11.8. The van der Waals surface area contributed by atoms with Crippen LogP contribution in [0.15, 0.2) is 54.6 Å². The van der Waals surface area contributed by atoms with E-state index in [4.69, 9.17) is 17.3 Å². The number of rotatable bonds is 5. The lowest BCUT2D eigenvalue weighted by molar-refractivity contribution is 0.0996. The summed E-state index contributed by atoms with van der Waals surface area (Å²) in [5.74, 6) is -0.384. The number of thiophene rings is 1. The molecule has 0 radical (unpaired) electrons. The number of nitrogens with zero attached hydrogens (tertiary/aromatic N) is 1. The van der Waals surface area contributed by atoms with Gasteiger partial charge in [-0.1, -0.05) is 23.7 Å². The van der Waals surface area contributed by atoms with Gasteiger partial charge >= 0.3 is 0 Å². The van der Waals surface area contributed by atoms with Gasteiger partial charge in [0.05, 0.1) is 25.8 Å². The van der Waals surface area contributed by atoms with Crippen LogP contribution in [0.5, 0.6) is 5.75 Å². The molecule has 0 fully saturated rings. The van der Waals surface area contributed by atoms with Gasteiger partial charge in [-0.3, -0.25) is 9.59 Å². The number of benzene rings is 2. The number of hydrogen-bond acceptors (Lipinski definition) is 4. The molecule has 146 valence electrons. The maximum Gasteiger partial charge on any atom is 0.248 e. The van der Waals surface area contributed by atoms with Crippen molar-refractivity contribution in [3.05, 3.63) is 75.6 Å². The van der Waals surface area contributed by atoms with E-state index in [-0.39, 0.29) is 11.5 Å². The molecule has 2 aromatic heterocycles. The molecule has 4 rings (SSSR count). The Bertz CT molecular complexity index is 1270. The van der Waals surface area contributed by atoms with Gasteiger partial charge in [0.15, 0.2) is 5.78 Å². The van der Waals surface area contributed by atoms with E-state index in [0.717, 1.165) is 27.0 Å². The molecule has 0 bridgehead atoms. The van der Waals surface area contributed by atoms with Gasteiger partial charge in [-0.2, -0.15) is 0 Å². The summed E-state index contributed by atoms with van der Waals surface area (Å²) in [5.41, 5.74) is 9.28. The van der Waals surface area contributed by atoms with E-state index < -0.39 is 5.91 Å². The first kappa shape index (κ1) is 19.2. The zero-order valence-electron chi connectivity index (χ0n) is 15.5. The molecule has 0 saturated carbocycles. The monoisotopic (exact) mass is 424 g/mol. The number of carbonyl (C=O) groups is 2. The van der Waals surface area contributed by atoms with Crippen LogP contribution in [0, 0.1) is 0 Å². The third kappa shape index (κ3) is 3.64. The Hall–Kier alpha value is -3.09. The number of phenols is 1. The number of aromatic nitrogens is 1. The number of halogens is 1. The molecule has 0 saturated heterocycles. The molecule has 1 amide bonds. The molecule has 0 atom stereocenters. The lowest BCUT2D eigenvalue weighted by atomic mass is 10.1. The average Bonchev–Trinajstić information content (AvgIpc) is 3.22. The Balaban J connectivity index is 1.90. The minimum Gasteiger partial charge on any atom is -0.508 e. The van der Waals surface area contributed by atoms with Gasteiger partial charge in [0.2, 0.25) is 5.91 Å². The second-order valence-electron chi connectivity index (χ2n) is 6.76. The molecule has 2 aromatic carbocycles. The second kappa shape index (κ2) is 7.39. The minimum atomic E-state index is -0.485. The molecule has 0 aliphatic rings. The maximum absolute atomic E-state index is 11.8. The zero-order valence-corrected chi connectivity index (χ0v) is 17.1. The first-order valence-corrected chi connectivity index (χ1v) is 10.0. The van der Waals surface area contributed by atoms with Crippen LogP contribution in [0.3, 0.4) is 0 Å². The van der Waals surface area contributed by atoms with Crippen molar-refractivity contribution in [3.8, 4) is 17.0 Å². The van der Waals surface area contributed by atoms with Crippen molar-refractivity contribution in [1.29, 1.82) is 0 Å². The number of nitrogens with two attached hydrogens (primary N) is 1. The molecular weight excluding hydrogens is 408 g/mol. The van der Waals surface area contributed by atoms with Gasteiger partial charge in [-0.25, -0.2) is 0 Å². The van der Waals surface area contributed by atoms with E-state index in [2.05, 4.69) is 4.57 Å². The van der Waals surface area contributed by atoms with Gasteiger partial charge in [0.1, 0.15) is 5.75 Å². The van der Waals surface area contributed by atoms with Crippen molar-refractivity contribution < 1.29 is 14.7 Å². The van der Waals surface area contributed by atoms with Crippen molar-refractivity contribution >= 4 is 44.8 Å². The Kier molecular flexibility index (Phi) is 4.90. The molecule has 2 heterocycles. The number of phenolic OH excluding ortho intramolecular Hbond substituents is 1. The van der Waals surface area contributed by atoms with Crippen LogP contribution in [0.2, 0.25) is 5.02 Å². The van der Waals surface area contributed by atoms with E-state index in [1.807, 2.05) is 18.2 Å². The second-order valence-corrected chi connectivity index (χ2v) is 8.25. The quantitative estimate of drug-likeness (QED) is 0.438. The fourth-order valence-electron chi connectivity index (χ4n) is 3.33. The van der Waals surface area contributed by atoms with Crippen molar-refractivity contribution in [3.63, 3.8) is 0 Å². The number of ketones is 1. The van der Waals surface area contributed by atoms with Crippen molar-refractivity contribution in [2.24, 2.45) is 5.73 Å². The highest BCUT2D eigenvalue weighted by Crippen LogP contribution is 2.38. The summed E-state index contributed by atoms with van der Waals surface area (Å²) in [4.78, 5) is 24.1. The minimum absolute atomic E-state index is 0.0118. The highest BCUT2D eigenvalue weighted by atomic mass is 35.5. The predicted molar refractivity (Wildman–Crippen MR) is 116 cm³/mol. The largest absolute Gasteiger partial charge is 0.508 e. The predicted octanol–water partition coefficient (Wildman–Crippen LogP) is 5.08. The van der Waals surface area contributed by atoms with Crippen molar-refractivity contribution in [2.45, 2.75) is 13.5 Å². The van der Waals surface area contributed by atoms with Crippen LogP contribution >= 0.6 is 22.9 Å². The number of Topliss-reactive ketones (excluding diaryl/α,β-unsaturated/α-hetero) is 1. The third-order valence-corrected chi connectivity index (χ3v) is 6.20. The summed E-state index contributed by atoms with van der Waals surface area (Å²) in [5, 5.41) is 10.1. The van der Waals surface area contributed by atoms with E-state index in [9.17, 15) is 14.7 Å². The first-order chi connectivity index (χ1) is 13.8. The number of amides is 1. The summed E-state index contributed by atoms with van der Waals surface area (Å²) in [6, 6.07) is 15.8. The average molecular weight is 425 g/mol. The Morgan fingerprint density at radius 1 is 1.14 bits per heavy atom. The molecule has 3 N–H and O–H groups in total. The van der Waals surface area contributed by atoms with Gasteiger partial charge in [-0.15, -0.1) is 11.3 Å². The molecule has 4 aromatic rings. The summed E-state index contributed by atoms with van der Waals surface area (Å²) in [6.07, 6.45) is 0. The molecule has 5 nitrogen and oxygen atoms in total. The molecule has 7 heteroatoms. The highest BCUT2D eigenvalue weighted by Gasteiger charge is 2.18. The molecule has 29 heavy (non-hydrogen) atoms. The Labute approximate surface area is 176 Å². The molecule has 0 spiro atoms. The number of carbonyl (C=O) groups excluding carboxylic acids is 2. The van der Waals surface area contributed by atoms with E-state index in [1.54, 1.807) is 37.3 Å². The Morgan fingerprint density at radius 2 is 1.93 bits per heavy atom. The van der Waals surface area contributed by atoms with Crippen LogP contribution in [0.1, 0.15) is 32.5 Å². The number of hydrogen-bond donors (Lipinski definition) is 2. The lowest BCUT2D eigenvalue weighted by Gasteiger charge is -2.13. The zero-order chi connectivity index (χ0) is 20.7. The van der Waals surface area contributed by atoms with Gasteiger partial charge in [0.25, 0.3) is 0 Å². The number of aromatic hydroxyl groups is 1. The number of primary amides is 1. The summed E-state index contributed by atoms with van der Waals surface area (Å²) in [6.45, 7) is 2.01. The van der Waals surface area contributed by atoms with Gasteiger partial charge < -0.3 is 15.4 Å². The summed E-state index contributed by atoms with van der Waals surface area (Å²) in [7, 11) is 0. The van der Waals surface area contributed by atoms with Gasteiger partial charge in [-0.05, 0) is 55.0 Å². The Morgan fingerprint density at radius 3 is 2.62 bits per heavy atom. The number of fused-ring (bicyclic) bond motifs is 1. The van der Waals surface area contributed by atoms with E-state index in [0.29, 0.717) is 22.0 Å². The molecule has 0 aliphatic carbocycles. The first-order valence-electron chi connectivity index (χ1n) is 8.85. The SMILES string of the molecule is CC(=O)c1cc2c(cc(-c3ccc(O)cc3Cl)n2Cc2cccc(C(N)=O)c2)s1.